The maximum Gasteiger partial charge on any atom is 0.124 e. The number of nitrogens with one attached hydrogen (secondary N) is 2. The molecule has 0 saturated carbocycles. The van der Waals surface area contributed by atoms with Crippen molar-refractivity contribution in [1.29, 1.82) is 0 Å². The minimum atomic E-state index is 0.280. The first kappa shape index (κ1) is 11.9. The molecular formula is C13H17N3OS. The number of thiophene rings is 1. The van der Waals surface area contributed by atoms with E-state index in [9.17, 15) is 0 Å². The van der Waals surface area contributed by atoms with Gasteiger partial charge >= 0.3 is 0 Å². The molecule has 1 saturated heterocycles. The number of aryl methyl sites for hydroxylation is 1. The molecule has 0 aromatic carbocycles. The molecule has 96 valence electrons. The summed E-state index contributed by atoms with van der Waals surface area (Å²) < 4.78 is 5.37. The quantitative estimate of drug-likeness (QED) is 0.894. The Kier molecular flexibility index (Phi) is 3.20. The maximum atomic E-state index is 5.37. The van der Waals surface area contributed by atoms with Crippen molar-refractivity contribution in [2.75, 3.05) is 13.7 Å². The highest BCUT2D eigenvalue weighted by Gasteiger charge is 2.27. The second-order valence-corrected chi connectivity index (χ2v) is 5.57. The van der Waals surface area contributed by atoms with Crippen LogP contribution in [0.5, 0.6) is 0 Å². The lowest BCUT2D eigenvalue weighted by Gasteiger charge is -2.06. The predicted octanol–water partition coefficient (Wildman–Crippen LogP) is 2.50. The van der Waals surface area contributed by atoms with E-state index in [1.807, 2.05) is 0 Å². The van der Waals surface area contributed by atoms with E-state index in [2.05, 4.69) is 34.7 Å². The van der Waals surface area contributed by atoms with Gasteiger partial charge in [-0.1, -0.05) is 6.07 Å². The third kappa shape index (κ3) is 2.09. The zero-order valence-electron chi connectivity index (χ0n) is 10.6. The van der Waals surface area contributed by atoms with Gasteiger partial charge in [0.2, 0.25) is 0 Å². The van der Waals surface area contributed by atoms with Crippen LogP contribution in [0, 0.1) is 6.92 Å². The van der Waals surface area contributed by atoms with E-state index in [0.717, 1.165) is 30.2 Å². The molecule has 2 atom stereocenters. The number of hydrogen-bond donors (Lipinski definition) is 2. The molecule has 2 N–H and O–H groups in total. The van der Waals surface area contributed by atoms with Crippen molar-refractivity contribution >= 4 is 11.3 Å². The van der Waals surface area contributed by atoms with Gasteiger partial charge < -0.3 is 15.0 Å². The monoisotopic (exact) mass is 263 g/mol. The summed E-state index contributed by atoms with van der Waals surface area (Å²) in [7, 11) is 1.76. The number of rotatable bonds is 3. The summed E-state index contributed by atoms with van der Waals surface area (Å²) in [4.78, 5) is 9.36. The molecule has 3 rings (SSSR count). The van der Waals surface area contributed by atoms with Crippen LogP contribution in [-0.2, 0) is 4.74 Å². The standard InChI is InChI=1S/C13H17N3OS/c1-8-12(11-4-3-5-18-11)16-13(15-8)10-6-9(17-2)7-14-10/h3-5,9-10,14H,6-7H2,1-2H3,(H,15,16). The predicted molar refractivity (Wildman–Crippen MR) is 72.8 cm³/mol. The second-order valence-electron chi connectivity index (χ2n) is 4.63. The Hall–Kier alpha value is -1.17. The lowest BCUT2D eigenvalue weighted by Crippen LogP contribution is -2.16. The van der Waals surface area contributed by atoms with Crippen molar-refractivity contribution in [2.24, 2.45) is 0 Å². The number of H-pyrrole nitrogens is 1. The van der Waals surface area contributed by atoms with Gasteiger partial charge in [-0.15, -0.1) is 11.3 Å². The van der Waals surface area contributed by atoms with Gasteiger partial charge in [0.1, 0.15) is 11.5 Å². The molecule has 0 radical (unpaired) electrons. The fourth-order valence-corrected chi connectivity index (χ4v) is 3.16. The van der Waals surface area contributed by atoms with Crippen molar-refractivity contribution in [3.8, 4) is 10.6 Å². The minimum absolute atomic E-state index is 0.280. The molecule has 2 aromatic heterocycles. The van der Waals surface area contributed by atoms with Crippen LogP contribution in [0.2, 0.25) is 0 Å². The molecule has 0 aliphatic carbocycles. The Morgan fingerprint density at radius 2 is 2.39 bits per heavy atom. The Morgan fingerprint density at radius 1 is 1.50 bits per heavy atom. The normalized spacial score (nSPS) is 23.7. The lowest BCUT2D eigenvalue weighted by atomic mass is 10.2. The summed E-state index contributed by atoms with van der Waals surface area (Å²) in [6, 6.07) is 4.45. The van der Waals surface area contributed by atoms with E-state index in [4.69, 9.17) is 9.72 Å². The van der Waals surface area contributed by atoms with E-state index >= 15 is 0 Å². The molecule has 1 fully saturated rings. The third-order valence-electron chi connectivity index (χ3n) is 3.41. The molecule has 0 amide bonds. The van der Waals surface area contributed by atoms with E-state index in [-0.39, 0.29) is 6.04 Å². The summed E-state index contributed by atoms with van der Waals surface area (Å²) in [6.07, 6.45) is 1.28. The number of hydrogen-bond acceptors (Lipinski definition) is 4. The van der Waals surface area contributed by atoms with Gasteiger partial charge in [0.05, 0.1) is 17.0 Å². The molecule has 1 aliphatic rings. The van der Waals surface area contributed by atoms with Crippen molar-refractivity contribution < 1.29 is 4.74 Å². The highest BCUT2D eigenvalue weighted by molar-refractivity contribution is 7.13. The number of aromatic nitrogens is 2. The molecule has 0 bridgehead atoms. The molecular weight excluding hydrogens is 246 g/mol. The molecule has 3 heterocycles. The Morgan fingerprint density at radius 3 is 3.06 bits per heavy atom. The van der Waals surface area contributed by atoms with E-state index in [1.54, 1.807) is 18.4 Å². The van der Waals surface area contributed by atoms with Gasteiger partial charge in [-0.25, -0.2) is 4.98 Å². The van der Waals surface area contributed by atoms with Crippen LogP contribution in [0.15, 0.2) is 17.5 Å². The van der Waals surface area contributed by atoms with E-state index in [1.165, 1.54) is 4.88 Å². The van der Waals surface area contributed by atoms with Crippen LogP contribution >= 0.6 is 11.3 Å². The zero-order chi connectivity index (χ0) is 12.5. The Balaban J connectivity index is 1.85. The Bertz CT molecular complexity index is 520. The third-order valence-corrected chi connectivity index (χ3v) is 4.29. The van der Waals surface area contributed by atoms with Crippen LogP contribution in [0.1, 0.15) is 24.0 Å². The fraction of sp³-hybridized carbons (Fsp3) is 0.462. The summed E-state index contributed by atoms with van der Waals surface area (Å²) in [5, 5.41) is 5.53. The topological polar surface area (TPSA) is 49.9 Å². The van der Waals surface area contributed by atoms with Crippen molar-refractivity contribution in [2.45, 2.75) is 25.5 Å². The van der Waals surface area contributed by atoms with Crippen LogP contribution < -0.4 is 5.32 Å². The average Bonchev–Trinajstić information content (AvgIpc) is 3.08. The van der Waals surface area contributed by atoms with Crippen LogP contribution in [0.25, 0.3) is 10.6 Å². The minimum Gasteiger partial charge on any atom is -0.380 e. The first-order chi connectivity index (χ1) is 8.78. The van der Waals surface area contributed by atoms with E-state index in [0.29, 0.717) is 6.10 Å². The largest absolute Gasteiger partial charge is 0.380 e. The molecule has 0 spiro atoms. The zero-order valence-corrected chi connectivity index (χ0v) is 11.4. The summed E-state index contributed by atoms with van der Waals surface area (Å²) in [6.45, 7) is 2.98. The maximum absolute atomic E-state index is 5.37. The summed E-state index contributed by atoms with van der Waals surface area (Å²) >= 11 is 1.72. The SMILES string of the molecule is COC1CNC(c2nc(-c3cccs3)c(C)[nH]2)C1. The van der Waals surface area contributed by atoms with Crippen LogP contribution in [-0.4, -0.2) is 29.7 Å². The summed E-state index contributed by atoms with van der Waals surface area (Å²) in [5.41, 5.74) is 2.21. The molecule has 2 aromatic rings. The summed E-state index contributed by atoms with van der Waals surface area (Å²) in [5.74, 6) is 1.02. The van der Waals surface area contributed by atoms with Crippen LogP contribution in [0.3, 0.4) is 0 Å². The second kappa shape index (κ2) is 4.84. The van der Waals surface area contributed by atoms with Gasteiger partial charge in [-0.05, 0) is 24.8 Å². The van der Waals surface area contributed by atoms with Gasteiger partial charge in [-0.3, -0.25) is 0 Å². The molecule has 4 nitrogen and oxygen atoms in total. The number of ether oxygens (including phenoxy) is 1. The molecule has 5 heteroatoms. The fourth-order valence-electron chi connectivity index (χ4n) is 2.39. The number of nitrogens with zero attached hydrogens (tertiary/aromatic N) is 1. The molecule has 1 aliphatic heterocycles. The van der Waals surface area contributed by atoms with Gasteiger partial charge in [0.15, 0.2) is 0 Å². The highest BCUT2D eigenvalue weighted by Crippen LogP contribution is 2.29. The molecule has 2 unspecified atom stereocenters. The van der Waals surface area contributed by atoms with Crippen molar-refractivity contribution in [3.05, 3.63) is 29.0 Å². The highest BCUT2D eigenvalue weighted by atomic mass is 32.1. The van der Waals surface area contributed by atoms with Gasteiger partial charge in [0.25, 0.3) is 0 Å². The lowest BCUT2D eigenvalue weighted by molar-refractivity contribution is 0.117. The first-order valence-corrected chi connectivity index (χ1v) is 7.02. The van der Waals surface area contributed by atoms with Gasteiger partial charge in [-0.2, -0.15) is 0 Å². The number of aromatic amines is 1. The van der Waals surface area contributed by atoms with Crippen LogP contribution in [0.4, 0.5) is 0 Å². The molecule has 18 heavy (non-hydrogen) atoms. The van der Waals surface area contributed by atoms with E-state index < -0.39 is 0 Å². The first-order valence-electron chi connectivity index (χ1n) is 6.14. The van der Waals surface area contributed by atoms with Gasteiger partial charge in [0, 0.05) is 19.3 Å². The number of imidazole rings is 1. The average molecular weight is 263 g/mol. The Labute approximate surface area is 110 Å². The van der Waals surface area contributed by atoms with Crippen molar-refractivity contribution in [3.63, 3.8) is 0 Å². The number of methoxy groups -OCH3 is 1. The smallest absolute Gasteiger partial charge is 0.124 e. The van der Waals surface area contributed by atoms with Crippen molar-refractivity contribution in [1.82, 2.24) is 15.3 Å².